The monoisotopic (exact) mass is 360 g/mol. The van der Waals surface area contributed by atoms with Gasteiger partial charge in [0.1, 0.15) is 6.54 Å². The van der Waals surface area contributed by atoms with Gasteiger partial charge in [0.05, 0.1) is 11.4 Å². The van der Waals surface area contributed by atoms with Gasteiger partial charge in [-0.05, 0) is 18.8 Å². The maximum atomic E-state index is 5.39. The third-order valence-electron chi connectivity index (χ3n) is 4.14. The second-order valence-corrected chi connectivity index (χ2v) is 7.27. The van der Waals surface area contributed by atoms with Crippen molar-refractivity contribution in [2.75, 3.05) is 13.6 Å². The molecule has 2 heterocycles. The average Bonchev–Trinajstić information content (AvgIpc) is 3.18. The molecule has 0 aliphatic carbocycles. The number of nitrogens with one attached hydrogen (secondary N) is 1. The van der Waals surface area contributed by atoms with E-state index in [1.54, 1.807) is 0 Å². The molecular weight excluding hydrogens is 328 g/mol. The normalized spacial score (nSPS) is 12.3. The van der Waals surface area contributed by atoms with Crippen LogP contribution < -0.4 is 5.32 Å². The Hall–Kier alpha value is -2.31. The van der Waals surface area contributed by atoms with Crippen LogP contribution in [0.3, 0.4) is 0 Å². The summed E-state index contributed by atoms with van der Waals surface area (Å²) < 4.78 is 7.27. The molecule has 144 valence electrons. The molecule has 0 aliphatic heterocycles. The Morgan fingerprint density at radius 2 is 2.04 bits per heavy atom. The predicted molar refractivity (Wildman–Crippen MR) is 104 cm³/mol. The van der Waals surface area contributed by atoms with E-state index >= 15 is 0 Å². The Labute approximate surface area is 156 Å². The van der Waals surface area contributed by atoms with Gasteiger partial charge in [0.2, 0.25) is 0 Å². The van der Waals surface area contributed by atoms with Crippen LogP contribution in [0.25, 0.3) is 0 Å². The average molecular weight is 361 g/mol. The quantitative estimate of drug-likeness (QED) is 0.606. The minimum atomic E-state index is 0.354. The first kappa shape index (κ1) is 20.0. The van der Waals surface area contributed by atoms with Gasteiger partial charge in [-0.1, -0.05) is 32.9 Å². The van der Waals surface area contributed by atoms with Gasteiger partial charge in [0.25, 0.3) is 0 Å². The lowest BCUT2D eigenvalue weighted by Crippen LogP contribution is -2.38. The van der Waals surface area contributed by atoms with Crippen molar-refractivity contribution >= 4 is 5.96 Å². The standard InChI is InChI=1S/C19H32N6O/c1-8-20-19(21-10-16-9-17(13(2)3)23-26-16)24(6)11-15-12-25(7)22-18(15)14(4)5/h9,12-14H,8,10-11H2,1-7H3,(H,20,21). The molecule has 26 heavy (non-hydrogen) atoms. The minimum absolute atomic E-state index is 0.354. The smallest absolute Gasteiger partial charge is 0.194 e. The topological polar surface area (TPSA) is 71.5 Å². The lowest BCUT2D eigenvalue weighted by Gasteiger charge is -2.22. The van der Waals surface area contributed by atoms with Crippen LogP contribution >= 0.6 is 0 Å². The molecular formula is C19H32N6O. The summed E-state index contributed by atoms with van der Waals surface area (Å²) in [4.78, 5) is 6.82. The summed E-state index contributed by atoms with van der Waals surface area (Å²) in [6.45, 7) is 12.6. The predicted octanol–water partition coefficient (Wildman–Crippen LogP) is 3.25. The van der Waals surface area contributed by atoms with Crippen LogP contribution in [-0.4, -0.2) is 39.4 Å². The van der Waals surface area contributed by atoms with Crippen molar-refractivity contribution in [3.63, 3.8) is 0 Å². The van der Waals surface area contributed by atoms with Crippen LogP contribution in [0, 0.1) is 0 Å². The molecule has 0 amide bonds. The van der Waals surface area contributed by atoms with Crippen LogP contribution in [0.2, 0.25) is 0 Å². The summed E-state index contributed by atoms with van der Waals surface area (Å²) in [6.07, 6.45) is 2.08. The SMILES string of the molecule is CCNC(=NCc1cc(C(C)C)no1)N(C)Cc1cn(C)nc1C(C)C. The molecule has 1 N–H and O–H groups in total. The van der Waals surface area contributed by atoms with E-state index < -0.39 is 0 Å². The van der Waals surface area contributed by atoms with Crippen LogP contribution in [-0.2, 0) is 20.1 Å². The van der Waals surface area contributed by atoms with Gasteiger partial charge in [-0.15, -0.1) is 0 Å². The molecule has 0 bridgehead atoms. The molecule has 2 aromatic rings. The fraction of sp³-hybridized carbons (Fsp3) is 0.632. The number of rotatable bonds is 7. The van der Waals surface area contributed by atoms with Crippen LogP contribution in [0.1, 0.15) is 69.2 Å². The molecule has 0 saturated carbocycles. The molecule has 2 rings (SSSR count). The van der Waals surface area contributed by atoms with Crippen molar-refractivity contribution < 1.29 is 4.52 Å². The first-order valence-corrected chi connectivity index (χ1v) is 9.29. The molecule has 0 unspecified atom stereocenters. The van der Waals surface area contributed by atoms with Gasteiger partial charge >= 0.3 is 0 Å². The molecule has 0 saturated heterocycles. The van der Waals surface area contributed by atoms with Crippen molar-refractivity contribution in [1.82, 2.24) is 25.2 Å². The minimum Gasteiger partial charge on any atom is -0.359 e. The maximum Gasteiger partial charge on any atom is 0.194 e. The maximum absolute atomic E-state index is 5.39. The van der Waals surface area contributed by atoms with E-state index in [2.05, 4.69) is 61.3 Å². The summed E-state index contributed by atoms with van der Waals surface area (Å²) in [6, 6.07) is 1.98. The number of aliphatic imine (C=N–C) groups is 1. The number of guanidine groups is 1. The lowest BCUT2D eigenvalue weighted by molar-refractivity contribution is 0.375. The second-order valence-electron chi connectivity index (χ2n) is 7.27. The zero-order valence-electron chi connectivity index (χ0n) is 17.1. The van der Waals surface area contributed by atoms with Gasteiger partial charge in [-0.2, -0.15) is 5.10 Å². The van der Waals surface area contributed by atoms with E-state index in [9.17, 15) is 0 Å². The summed E-state index contributed by atoms with van der Waals surface area (Å²) in [5.41, 5.74) is 3.31. The number of nitrogens with zero attached hydrogens (tertiary/aromatic N) is 5. The fourth-order valence-electron chi connectivity index (χ4n) is 2.79. The molecule has 0 fully saturated rings. The summed E-state index contributed by atoms with van der Waals surface area (Å²) in [5, 5.41) is 12.0. The van der Waals surface area contributed by atoms with Crippen molar-refractivity contribution in [3.05, 3.63) is 35.0 Å². The molecule has 2 aromatic heterocycles. The van der Waals surface area contributed by atoms with E-state index in [4.69, 9.17) is 9.52 Å². The first-order valence-electron chi connectivity index (χ1n) is 9.29. The molecule has 0 aliphatic rings. The van der Waals surface area contributed by atoms with Gasteiger partial charge < -0.3 is 14.7 Å². The molecule has 7 nitrogen and oxygen atoms in total. The van der Waals surface area contributed by atoms with Crippen molar-refractivity contribution in [2.24, 2.45) is 12.0 Å². The zero-order chi connectivity index (χ0) is 19.3. The van der Waals surface area contributed by atoms with Gasteiger partial charge in [-0.3, -0.25) is 4.68 Å². The highest BCUT2D eigenvalue weighted by Crippen LogP contribution is 2.19. The molecule has 0 atom stereocenters. The van der Waals surface area contributed by atoms with Crippen molar-refractivity contribution in [2.45, 2.75) is 59.5 Å². The summed E-state index contributed by atoms with van der Waals surface area (Å²) >= 11 is 0. The van der Waals surface area contributed by atoms with Crippen LogP contribution in [0.15, 0.2) is 21.8 Å². The van der Waals surface area contributed by atoms with E-state index in [1.165, 1.54) is 5.56 Å². The Morgan fingerprint density at radius 3 is 2.62 bits per heavy atom. The highest BCUT2D eigenvalue weighted by Gasteiger charge is 2.15. The van der Waals surface area contributed by atoms with E-state index in [0.29, 0.717) is 18.4 Å². The zero-order valence-corrected chi connectivity index (χ0v) is 17.1. The highest BCUT2D eigenvalue weighted by atomic mass is 16.5. The van der Waals surface area contributed by atoms with Crippen LogP contribution in [0.4, 0.5) is 0 Å². The van der Waals surface area contributed by atoms with E-state index in [1.807, 2.05) is 24.8 Å². The number of hydrogen-bond acceptors (Lipinski definition) is 4. The number of hydrogen-bond donors (Lipinski definition) is 1. The molecule has 0 aromatic carbocycles. The molecule has 0 spiro atoms. The third kappa shape index (κ3) is 5.09. The Kier molecular flexibility index (Phi) is 6.83. The Morgan fingerprint density at radius 1 is 1.31 bits per heavy atom. The van der Waals surface area contributed by atoms with Gasteiger partial charge in [0.15, 0.2) is 11.7 Å². The largest absolute Gasteiger partial charge is 0.359 e. The number of aromatic nitrogens is 3. The van der Waals surface area contributed by atoms with Gasteiger partial charge in [0, 0.05) is 45.0 Å². The third-order valence-corrected chi connectivity index (χ3v) is 4.14. The Bertz CT molecular complexity index is 728. The summed E-state index contributed by atoms with van der Waals surface area (Å²) in [7, 11) is 4.00. The lowest BCUT2D eigenvalue weighted by atomic mass is 10.1. The fourth-order valence-corrected chi connectivity index (χ4v) is 2.79. The first-order chi connectivity index (χ1) is 12.3. The van der Waals surface area contributed by atoms with E-state index in [-0.39, 0.29) is 0 Å². The molecule has 0 radical (unpaired) electrons. The molecule has 7 heteroatoms. The van der Waals surface area contributed by atoms with Crippen molar-refractivity contribution in [1.29, 1.82) is 0 Å². The van der Waals surface area contributed by atoms with Gasteiger partial charge in [-0.25, -0.2) is 4.99 Å². The van der Waals surface area contributed by atoms with Crippen molar-refractivity contribution in [3.8, 4) is 0 Å². The second kappa shape index (κ2) is 8.87. The number of aryl methyl sites for hydroxylation is 1. The summed E-state index contributed by atoms with van der Waals surface area (Å²) in [5.74, 6) is 2.37. The highest BCUT2D eigenvalue weighted by molar-refractivity contribution is 5.79. The van der Waals surface area contributed by atoms with E-state index in [0.717, 1.165) is 36.2 Å². The Balaban J connectivity index is 2.12. The van der Waals surface area contributed by atoms with Crippen LogP contribution in [0.5, 0.6) is 0 Å².